The number of hydrogen-bond donors (Lipinski definition) is 0. The standard InChI is InChI=1S/C11H12O2/c1-8-7-10(12)11(13-8)9-5-3-2-4-6-9/h2-6,8,11H,7H2,1H3/t8-,11+/m0/s1. The summed E-state index contributed by atoms with van der Waals surface area (Å²) in [6, 6.07) is 9.65. The third-order valence-corrected chi connectivity index (χ3v) is 2.25. The fourth-order valence-corrected chi connectivity index (χ4v) is 1.64. The van der Waals surface area contributed by atoms with Crippen molar-refractivity contribution in [1.29, 1.82) is 0 Å². The Morgan fingerprint density at radius 1 is 1.31 bits per heavy atom. The Morgan fingerprint density at radius 3 is 2.54 bits per heavy atom. The number of ether oxygens (including phenoxy) is 1. The van der Waals surface area contributed by atoms with Gasteiger partial charge in [-0.25, -0.2) is 0 Å². The summed E-state index contributed by atoms with van der Waals surface area (Å²) in [7, 11) is 0. The first-order chi connectivity index (χ1) is 6.27. The van der Waals surface area contributed by atoms with Gasteiger partial charge in [0.05, 0.1) is 6.10 Å². The van der Waals surface area contributed by atoms with Gasteiger partial charge in [-0.15, -0.1) is 0 Å². The maximum atomic E-state index is 11.5. The Balaban J connectivity index is 2.23. The molecule has 2 nitrogen and oxygen atoms in total. The van der Waals surface area contributed by atoms with E-state index >= 15 is 0 Å². The lowest BCUT2D eigenvalue weighted by Crippen LogP contribution is -2.05. The summed E-state index contributed by atoms with van der Waals surface area (Å²) in [6.07, 6.45) is 0.286. The number of hydrogen-bond acceptors (Lipinski definition) is 2. The first kappa shape index (κ1) is 8.45. The maximum absolute atomic E-state index is 11.5. The van der Waals surface area contributed by atoms with Crippen molar-refractivity contribution >= 4 is 5.78 Å². The van der Waals surface area contributed by atoms with Gasteiger partial charge in [0.2, 0.25) is 0 Å². The molecule has 1 saturated heterocycles. The molecule has 1 aromatic rings. The molecule has 1 aliphatic rings. The van der Waals surface area contributed by atoms with Crippen LogP contribution in [-0.2, 0) is 9.53 Å². The van der Waals surface area contributed by atoms with Gasteiger partial charge in [0.15, 0.2) is 5.78 Å². The molecule has 0 amide bonds. The average Bonchev–Trinajstić information content (AvgIpc) is 2.47. The van der Waals surface area contributed by atoms with Crippen molar-refractivity contribution in [3.8, 4) is 0 Å². The molecule has 2 atom stereocenters. The highest BCUT2D eigenvalue weighted by Crippen LogP contribution is 2.28. The number of ketones is 1. The number of Topliss-reactive ketones (excluding diaryl/α,β-unsaturated/α-hetero) is 1. The molecule has 0 radical (unpaired) electrons. The lowest BCUT2D eigenvalue weighted by atomic mass is 10.1. The maximum Gasteiger partial charge on any atom is 0.168 e. The van der Waals surface area contributed by atoms with Crippen molar-refractivity contribution in [2.24, 2.45) is 0 Å². The van der Waals surface area contributed by atoms with Gasteiger partial charge >= 0.3 is 0 Å². The van der Waals surface area contributed by atoms with Crippen LogP contribution in [0.3, 0.4) is 0 Å². The van der Waals surface area contributed by atoms with E-state index < -0.39 is 0 Å². The number of carbonyl (C=O) groups is 1. The lowest BCUT2D eigenvalue weighted by Gasteiger charge is -2.08. The van der Waals surface area contributed by atoms with E-state index in [4.69, 9.17) is 4.74 Å². The van der Waals surface area contributed by atoms with Crippen LogP contribution in [0, 0.1) is 0 Å². The van der Waals surface area contributed by atoms with Gasteiger partial charge in [-0.2, -0.15) is 0 Å². The zero-order valence-corrected chi connectivity index (χ0v) is 7.57. The van der Waals surface area contributed by atoms with E-state index in [0.717, 1.165) is 5.56 Å². The van der Waals surface area contributed by atoms with Crippen LogP contribution in [-0.4, -0.2) is 11.9 Å². The van der Waals surface area contributed by atoms with Gasteiger partial charge in [-0.05, 0) is 12.5 Å². The first-order valence-electron chi connectivity index (χ1n) is 4.50. The smallest absolute Gasteiger partial charge is 0.168 e. The van der Waals surface area contributed by atoms with Crippen molar-refractivity contribution in [3.05, 3.63) is 35.9 Å². The van der Waals surface area contributed by atoms with Gasteiger partial charge in [0.25, 0.3) is 0 Å². The van der Waals surface area contributed by atoms with E-state index in [-0.39, 0.29) is 18.0 Å². The molecule has 1 fully saturated rings. The molecule has 1 aromatic carbocycles. The monoisotopic (exact) mass is 176 g/mol. The summed E-state index contributed by atoms with van der Waals surface area (Å²) >= 11 is 0. The summed E-state index contributed by atoms with van der Waals surface area (Å²) in [4.78, 5) is 11.5. The molecular weight excluding hydrogens is 164 g/mol. The van der Waals surface area contributed by atoms with Gasteiger partial charge in [0, 0.05) is 6.42 Å². The summed E-state index contributed by atoms with van der Waals surface area (Å²) < 4.78 is 5.51. The SMILES string of the molecule is C[C@H]1CC(=O)[C@@H](c2ccccc2)O1. The highest BCUT2D eigenvalue weighted by molar-refractivity contribution is 5.86. The van der Waals surface area contributed by atoms with Crippen molar-refractivity contribution in [2.75, 3.05) is 0 Å². The Morgan fingerprint density at radius 2 is 2.00 bits per heavy atom. The summed E-state index contributed by atoms with van der Waals surface area (Å²) in [6.45, 7) is 1.93. The second-order valence-electron chi connectivity index (χ2n) is 3.41. The molecule has 0 aliphatic carbocycles. The van der Waals surface area contributed by atoms with Crippen molar-refractivity contribution in [3.63, 3.8) is 0 Å². The van der Waals surface area contributed by atoms with Gasteiger partial charge < -0.3 is 4.74 Å². The van der Waals surface area contributed by atoms with E-state index in [1.807, 2.05) is 37.3 Å². The minimum atomic E-state index is -0.323. The molecular formula is C11H12O2. The van der Waals surface area contributed by atoms with Gasteiger partial charge in [0.1, 0.15) is 6.10 Å². The minimum Gasteiger partial charge on any atom is -0.362 e. The van der Waals surface area contributed by atoms with Gasteiger partial charge in [-0.1, -0.05) is 30.3 Å². The Labute approximate surface area is 77.5 Å². The zero-order valence-electron chi connectivity index (χ0n) is 7.57. The van der Waals surface area contributed by atoms with E-state index in [0.29, 0.717) is 6.42 Å². The van der Waals surface area contributed by atoms with Crippen LogP contribution in [0.15, 0.2) is 30.3 Å². The fraction of sp³-hybridized carbons (Fsp3) is 0.364. The van der Waals surface area contributed by atoms with Crippen LogP contribution in [0.1, 0.15) is 25.0 Å². The predicted octanol–water partition coefficient (Wildman–Crippen LogP) is 2.11. The lowest BCUT2D eigenvalue weighted by molar-refractivity contribution is -0.122. The van der Waals surface area contributed by atoms with Crippen LogP contribution in [0.25, 0.3) is 0 Å². The zero-order chi connectivity index (χ0) is 9.26. The molecule has 0 saturated carbocycles. The molecule has 0 N–H and O–H groups in total. The molecule has 13 heavy (non-hydrogen) atoms. The fourth-order valence-electron chi connectivity index (χ4n) is 1.64. The quantitative estimate of drug-likeness (QED) is 0.655. The molecule has 0 aromatic heterocycles. The Bertz CT molecular complexity index is 305. The molecule has 1 aliphatic heterocycles. The van der Waals surface area contributed by atoms with E-state index in [9.17, 15) is 4.79 Å². The number of rotatable bonds is 1. The Hall–Kier alpha value is -1.15. The molecule has 0 spiro atoms. The highest BCUT2D eigenvalue weighted by atomic mass is 16.5. The third kappa shape index (κ3) is 1.63. The van der Waals surface area contributed by atoms with Crippen LogP contribution < -0.4 is 0 Å². The van der Waals surface area contributed by atoms with Crippen molar-refractivity contribution in [1.82, 2.24) is 0 Å². The molecule has 1 heterocycles. The van der Waals surface area contributed by atoms with Crippen LogP contribution in [0.5, 0.6) is 0 Å². The second kappa shape index (κ2) is 3.30. The van der Waals surface area contributed by atoms with Crippen LogP contribution in [0.4, 0.5) is 0 Å². The molecule has 68 valence electrons. The van der Waals surface area contributed by atoms with E-state index in [1.54, 1.807) is 0 Å². The van der Waals surface area contributed by atoms with Crippen LogP contribution in [0.2, 0.25) is 0 Å². The number of benzene rings is 1. The summed E-state index contributed by atoms with van der Waals surface area (Å²) in [5.41, 5.74) is 0.969. The third-order valence-electron chi connectivity index (χ3n) is 2.25. The van der Waals surface area contributed by atoms with Crippen molar-refractivity contribution < 1.29 is 9.53 Å². The number of carbonyl (C=O) groups excluding carboxylic acids is 1. The minimum absolute atomic E-state index is 0.0673. The highest BCUT2D eigenvalue weighted by Gasteiger charge is 2.31. The molecule has 2 rings (SSSR count). The van der Waals surface area contributed by atoms with E-state index in [2.05, 4.69) is 0 Å². The average molecular weight is 176 g/mol. The van der Waals surface area contributed by atoms with Gasteiger partial charge in [-0.3, -0.25) is 4.79 Å². The summed E-state index contributed by atoms with van der Waals surface area (Å²) in [5.74, 6) is 0.193. The normalized spacial score (nSPS) is 27.9. The Kier molecular flexibility index (Phi) is 2.15. The van der Waals surface area contributed by atoms with E-state index in [1.165, 1.54) is 0 Å². The first-order valence-corrected chi connectivity index (χ1v) is 4.50. The second-order valence-corrected chi connectivity index (χ2v) is 3.41. The van der Waals surface area contributed by atoms with Crippen molar-refractivity contribution in [2.45, 2.75) is 25.6 Å². The summed E-state index contributed by atoms with van der Waals surface area (Å²) in [5, 5.41) is 0. The predicted molar refractivity (Wildman–Crippen MR) is 49.4 cm³/mol. The molecule has 0 unspecified atom stereocenters. The largest absolute Gasteiger partial charge is 0.362 e. The molecule has 2 heteroatoms. The van der Waals surface area contributed by atoms with Crippen LogP contribution >= 0.6 is 0 Å². The topological polar surface area (TPSA) is 26.3 Å². The molecule has 0 bridgehead atoms.